The molecule has 20 heavy (non-hydrogen) atoms. The maximum absolute atomic E-state index is 11.8. The van der Waals surface area contributed by atoms with Crippen LogP contribution in [-0.2, 0) is 0 Å². The number of rotatable bonds is 1. The summed E-state index contributed by atoms with van der Waals surface area (Å²) in [6.45, 7) is 3.99. The predicted molar refractivity (Wildman–Crippen MR) is 82.9 cm³/mol. The number of hydrogen-bond acceptors (Lipinski definition) is 3. The molecule has 0 fully saturated rings. The number of hydrogen-bond donors (Lipinski definition) is 0. The van der Waals surface area contributed by atoms with Crippen LogP contribution in [0.3, 0.4) is 0 Å². The van der Waals surface area contributed by atoms with Crippen molar-refractivity contribution in [3.8, 4) is 11.1 Å². The highest BCUT2D eigenvalue weighted by atomic mass is 79.9. The highest BCUT2D eigenvalue weighted by Crippen LogP contribution is 2.34. The third-order valence-corrected chi connectivity index (χ3v) is 4.58. The van der Waals surface area contributed by atoms with Gasteiger partial charge in [0, 0.05) is 39.4 Å². The van der Waals surface area contributed by atoms with Crippen molar-refractivity contribution < 1.29 is 4.42 Å². The molecular weight excluding hydrogens is 318 g/mol. The Morgan fingerprint density at radius 2 is 2.05 bits per heavy atom. The first-order valence-corrected chi connectivity index (χ1v) is 7.01. The first-order valence-electron chi connectivity index (χ1n) is 6.22. The Balaban J connectivity index is 2.49. The second kappa shape index (κ2) is 4.87. The van der Waals surface area contributed by atoms with Crippen LogP contribution in [0.1, 0.15) is 11.1 Å². The minimum atomic E-state index is -0.350. The molecule has 3 aromatic rings. The van der Waals surface area contributed by atoms with Crippen molar-refractivity contribution >= 4 is 26.9 Å². The van der Waals surface area contributed by atoms with E-state index in [0.29, 0.717) is 5.58 Å². The number of fused-ring (bicyclic) bond motifs is 1. The third kappa shape index (κ3) is 2.06. The molecule has 3 nitrogen and oxygen atoms in total. The number of nitrogens with zero attached hydrogens (tertiary/aromatic N) is 1. The van der Waals surface area contributed by atoms with E-state index >= 15 is 0 Å². The molecule has 0 radical (unpaired) electrons. The molecule has 0 amide bonds. The van der Waals surface area contributed by atoms with Crippen molar-refractivity contribution in [3.63, 3.8) is 0 Å². The summed E-state index contributed by atoms with van der Waals surface area (Å²) in [6, 6.07) is 7.20. The number of benzene rings is 1. The summed E-state index contributed by atoms with van der Waals surface area (Å²) in [5.74, 6) is 0. The first kappa shape index (κ1) is 13.1. The molecule has 0 saturated carbocycles. The quantitative estimate of drug-likeness (QED) is 0.627. The first-order chi connectivity index (χ1) is 9.58. The lowest BCUT2D eigenvalue weighted by Gasteiger charge is -2.11. The zero-order valence-electron chi connectivity index (χ0n) is 11.1. The fourth-order valence-electron chi connectivity index (χ4n) is 2.42. The summed E-state index contributed by atoms with van der Waals surface area (Å²) < 4.78 is 6.38. The van der Waals surface area contributed by atoms with Gasteiger partial charge in [-0.1, -0.05) is 22.0 Å². The van der Waals surface area contributed by atoms with Crippen LogP contribution in [0.25, 0.3) is 22.1 Å². The summed E-state index contributed by atoms with van der Waals surface area (Å²) >= 11 is 3.59. The Morgan fingerprint density at radius 1 is 1.25 bits per heavy atom. The number of aromatic nitrogens is 1. The molecule has 100 valence electrons. The van der Waals surface area contributed by atoms with Gasteiger partial charge in [-0.25, -0.2) is 4.79 Å². The Kier molecular flexibility index (Phi) is 3.18. The van der Waals surface area contributed by atoms with Crippen molar-refractivity contribution in [2.24, 2.45) is 0 Å². The molecule has 0 unspecified atom stereocenters. The lowest BCUT2D eigenvalue weighted by molar-refractivity contribution is 0.561. The third-order valence-electron chi connectivity index (χ3n) is 3.36. The molecule has 0 aliphatic carbocycles. The normalized spacial score (nSPS) is 10.9. The van der Waals surface area contributed by atoms with Gasteiger partial charge in [0.25, 0.3) is 0 Å². The Morgan fingerprint density at radius 3 is 2.75 bits per heavy atom. The minimum absolute atomic E-state index is 0.350. The van der Waals surface area contributed by atoms with E-state index in [1.807, 2.05) is 32.0 Å². The smallest absolute Gasteiger partial charge is 0.336 e. The van der Waals surface area contributed by atoms with Crippen LogP contribution >= 0.6 is 15.9 Å². The zero-order valence-corrected chi connectivity index (χ0v) is 12.7. The van der Waals surface area contributed by atoms with Crippen LogP contribution in [0.2, 0.25) is 0 Å². The molecule has 0 atom stereocenters. The summed E-state index contributed by atoms with van der Waals surface area (Å²) in [5.41, 5.74) is 4.11. The summed E-state index contributed by atoms with van der Waals surface area (Å²) in [7, 11) is 0. The van der Waals surface area contributed by atoms with E-state index in [4.69, 9.17) is 4.42 Å². The van der Waals surface area contributed by atoms with Crippen molar-refractivity contribution in [2.75, 3.05) is 0 Å². The topological polar surface area (TPSA) is 43.1 Å². The molecule has 0 saturated heterocycles. The second-order valence-corrected chi connectivity index (χ2v) is 5.52. The predicted octanol–water partition coefficient (Wildman–Crippen LogP) is 4.23. The second-order valence-electron chi connectivity index (χ2n) is 4.73. The van der Waals surface area contributed by atoms with E-state index in [2.05, 4.69) is 20.9 Å². The van der Waals surface area contributed by atoms with Gasteiger partial charge in [0.1, 0.15) is 5.58 Å². The highest BCUT2D eigenvalue weighted by molar-refractivity contribution is 9.10. The van der Waals surface area contributed by atoms with Crippen molar-refractivity contribution in [3.05, 3.63) is 62.7 Å². The zero-order chi connectivity index (χ0) is 14.3. The largest absolute Gasteiger partial charge is 0.423 e. The van der Waals surface area contributed by atoms with E-state index in [1.165, 1.54) is 6.07 Å². The van der Waals surface area contributed by atoms with Crippen LogP contribution in [-0.4, -0.2) is 4.98 Å². The summed E-state index contributed by atoms with van der Waals surface area (Å²) in [6.07, 6.45) is 3.46. The molecule has 2 aromatic heterocycles. The Bertz CT molecular complexity index is 854. The number of pyridine rings is 1. The summed E-state index contributed by atoms with van der Waals surface area (Å²) in [5, 5.41) is 0.940. The minimum Gasteiger partial charge on any atom is -0.423 e. The Labute approximate surface area is 124 Å². The van der Waals surface area contributed by atoms with Crippen molar-refractivity contribution in [2.45, 2.75) is 13.8 Å². The Hall–Kier alpha value is -1.94. The maximum Gasteiger partial charge on any atom is 0.336 e. The van der Waals surface area contributed by atoms with Crippen LogP contribution < -0.4 is 5.63 Å². The van der Waals surface area contributed by atoms with Gasteiger partial charge in [0.2, 0.25) is 0 Å². The van der Waals surface area contributed by atoms with Gasteiger partial charge < -0.3 is 4.42 Å². The van der Waals surface area contributed by atoms with Gasteiger partial charge in [0.05, 0.1) is 0 Å². The van der Waals surface area contributed by atoms with E-state index in [0.717, 1.165) is 32.1 Å². The fourth-order valence-corrected chi connectivity index (χ4v) is 2.73. The van der Waals surface area contributed by atoms with Gasteiger partial charge in [-0.05, 0) is 37.1 Å². The SMILES string of the molecule is Cc1cc2oc(=O)cc(-c3cccnc3)c2c(C)c1Br. The van der Waals surface area contributed by atoms with E-state index in [1.54, 1.807) is 12.4 Å². The molecule has 0 aliphatic heterocycles. The van der Waals surface area contributed by atoms with Crippen LogP contribution in [0.15, 0.2) is 50.3 Å². The lowest BCUT2D eigenvalue weighted by Crippen LogP contribution is -2.00. The van der Waals surface area contributed by atoms with Crippen molar-refractivity contribution in [1.82, 2.24) is 4.98 Å². The van der Waals surface area contributed by atoms with E-state index in [-0.39, 0.29) is 5.63 Å². The number of halogens is 1. The molecule has 1 aromatic carbocycles. The van der Waals surface area contributed by atoms with Gasteiger partial charge >= 0.3 is 5.63 Å². The lowest BCUT2D eigenvalue weighted by atomic mass is 9.98. The molecule has 0 N–H and O–H groups in total. The molecule has 0 spiro atoms. The van der Waals surface area contributed by atoms with Crippen molar-refractivity contribution in [1.29, 1.82) is 0 Å². The maximum atomic E-state index is 11.8. The monoisotopic (exact) mass is 329 g/mol. The molecule has 0 aliphatic rings. The van der Waals surface area contributed by atoms with Gasteiger partial charge in [0.15, 0.2) is 0 Å². The molecule has 0 bridgehead atoms. The average Bonchev–Trinajstić information content (AvgIpc) is 2.45. The summed E-state index contributed by atoms with van der Waals surface area (Å²) in [4.78, 5) is 15.9. The van der Waals surface area contributed by atoms with Crippen LogP contribution in [0.5, 0.6) is 0 Å². The van der Waals surface area contributed by atoms with Gasteiger partial charge in [-0.3, -0.25) is 4.98 Å². The molecule has 2 heterocycles. The average molecular weight is 330 g/mol. The van der Waals surface area contributed by atoms with E-state index in [9.17, 15) is 4.79 Å². The number of aryl methyl sites for hydroxylation is 2. The fraction of sp³-hybridized carbons (Fsp3) is 0.125. The molecule has 4 heteroatoms. The standard InChI is InChI=1S/C16H12BrNO2/c1-9-6-13-15(10(2)16(9)17)12(7-14(19)20-13)11-4-3-5-18-8-11/h3-8H,1-2H3. The van der Waals surface area contributed by atoms with E-state index < -0.39 is 0 Å². The van der Waals surface area contributed by atoms with Gasteiger partial charge in [-0.2, -0.15) is 0 Å². The van der Waals surface area contributed by atoms with Crippen LogP contribution in [0, 0.1) is 13.8 Å². The highest BCUT2D eigenvalue weighted by Gasteiger charge is 2.13. The molecule has 3 rings (SSSR count). The van der Waals surface area contributed by atoms with Crippen LogP contribution in [0.4, 0.5) is 0 Å². The van der Waals surface area contributed by atoms with Gasteiger partial charge in [-0.15, -0.1) is 0 Å². The molecular formula is C16H12BrNO2.